The number of anilines is 1. The first-order chi connectivity index (χ1) is 8.88. The van der Waals surface area contributed by atoms with Gasteiger partial charge in [0.05, 0.1) is 30.3 Å². The molecule has 0 aliphatic carbocycles. The minimum Gasteiger partial charge on any atom is -0.494 e. The topological polar surface area (TPSA) is 47.3 Å². The van der Waals surface area contributed by atoms with Crippen LogP contribution in [0.25, 0.3) is 10.2 Å². The molecule has 0 amide bonds. The van der Waals surface area contributed by atoms with Gasteiger partial charge >= 0.3 is 0 Å². The molecule has 0 atom stereocenters. The lowest BCUT2D eigenvalue weighted by Crippen LogP contribution is -1.98. The van der Waals surface area contributed by atoms with Crippen LogP contribution in [0.3, 0.4) is 0 Å². The maximum atomic E-state index is 5.29. The summed E-state index contributed by atoms with van der Waals surface area (Å²) in [7, 11) is 1.66. The molecule has 4 nitrogen and oxygen atoms in total. The molecule has 3 aromatic heterocycles. The predicted molar refractivity (Wildman–Crippen MR) is 72.2 cm³/mol. The summed E-state index contributed by atoms with van der Waals surface area (Å²) in [5.74, 6) is 1.72. The Bertz CT molecular complexity index is 646. The normalized spacial score (nSPS) is 10.7. The molecule has 0 radical (unpaired) electrons. The molecule has 0 spiro atoms. The molecule has 5 heteroatoms. The lowest BCUT2D eigenvalue weighted by atomic mass is 10.3. The highest BCUT2D eigenvalue weighted by Crippen LogP contribution is 2.35. The molecule has 3 aromatic rings. The van der Waals surface area contributed by atoms with E-state index in [1.807, 2.05) is 23.6 Å². The smallest absolute Gasteiger partial charge is 0.155 e. The Hall–Kier alpha value is -2.01. The van der Waals surface area contributed by atoms with Gasteiger partial charge in [0.2, 0.25) is 0 Å². The van der Waals surface area contributed by atoms with E-state index in [9.17, 15) is 0 Å². The zero-order chi connectivity index (χ0) is 12.4. The quantitative estimate of drug-likeness (QED) is 0.779. The molecule has 1 N–H and O–H groups in total. The van der Waals surface area contributed by atoms with Gasteiger partial charge in [-0.2, -0.15) is 0 Å². The van der Waals surface area contributed by atoms with E-state index in [0.29, 0.717) is 6.54 Å². The number of nitrogens with one attached hydrogen (secondary N) is 1. The van der Waals surface area contributed by atoms with Crippen molar-refractivity contribution in [2.75, 3.05) is 12.4 Å². The fourth-order valence-corrected chi connectivity index (χ4v) is 2.76. The van der Waals surface area contributed by atoms with Crippen molar-refractivity contribution < 1.29 is 9.15 Å². The van der Waals surface area contributed by atoms with Gasteiger partial charge in [0.25, 0.3) is 0 Å². The van der Waals surface area contributed by atoms with Crippen LogP contribution in [-0.4, -0.2) is 12.1 Å². The summed E-state index contributed by atoms with van der Waals surface area (Å²) in [5, 5.41) is 5.32. The fourth-order valence-electron chi connectivity index (χ4n) is 1.79. The van der Waals surface area contributed by atoms with Gasteiger partial charge in [0.1, 0.15) is 11.3 Å². The molecule has 0 aromatic carbocycles. The van der Waals surface area contributed by atoms with Crippen LogP contribution in [-0.2, 0) is 6.54 Å². The summed E-state index contributed by atoms with van der Waals surface area (Å²) < 4.78 is 11.7. The average Bonchev–Trinajstić information content (AvgIpc) is 3.05. The average molecular weight is 260 g/mol. The summed E-state index contributed by atoms with van der Waals surface area (Å²) >= 11 is 1.62. The van der Waals surface area contributed by atoms with E-state index in [1.54, 1.807) is 30.9 Å². The number of fused-ring (bicyclic) bond motifs is 1. The Morgan fingerprint density at radius 1 is 1.44 bits per heavy atom. The second kappa shape index (κ2) is 4.70. The van der Waals surface area contributed by atoms with Crippen molar-refractivity contribution in [3.05, 3.63) is 41.8 Å². The number of aromatic nitrogens is 1. The number of hydrogen-bond donors (Lipinski definition) is 1. The minimum atomic E-state index is 0.659. The Morgan fingerprint density at radius 3 is 3.17 bits per heavy atom. The maximum Gasteiger partial charge on any atom is 0.155 e. The number of rotatable bonds is 4. The van der Waals surface area contributed by atoms with E-state index >= 15 is 0 Å². The Balaban J connectivity index is 1.90. The van der Waals surface area contributed by atoms with Crippen LogP contribution in [0.1, 0.15) is 5.76 Å². The van der Waals surface area contributed by atoms with Crippen LogP contribution >= 0.6 is 11.3 Å². The van der Waals surface area contributed by atoms with Crippen molar-refractivity contribution in [1.82, 2.24) is 4.98 Å². The van der Waals surface area contributed by atoms with E-state index < -0.39 is 0 Å². The monoisotopic (exact) mass is 260 g/mol. The standard InChI is InChI=1S/C13H12N2O2S/c1-16-11-8-18-13-10(4-5-14-12(11)13)15-7-9-3-2-6-17-9/h2-6,8H,7H2,1H3,(H,14,15). The fraction of sp³-hybridized carbons (Fsp3) is 0.154. The number of thiophene rings is 1. The number of ether oxygens (including phenoxy) is 1. The van der Waals surface area contributed by atoms with E-state index in [1.165, 1.54) is 0 Å². The first-order valence-corrected chi connectivity index (χ1v) is 6.43. The van der Waals surface area contributed by atoms with Gasteiger partial charge in [-0.05, 0) is 18.2 Å². The third-order valence-electron chi connectivity index (χ3n) is 2.67. The van der Waals surface area contributed by atoms with Crippen molar-refractivity contribution in [2.45, 2.75) is 6.54 Å². The molecule has 0 unspecified atom stereocenters. The van der Waals surface area contributed by atoms with Crippen LogP contribution in [0.5, 0.6) is 5.75 Å². The first kappa shape index (κ1) is 11.1. The summed E-state index contributed by atoms with van der Waals surface area (Å²) in [5.41, 5.74) is 1.94. The lowest BCUT2D eigenvalue weighted by Gasteiger charge is -2.05. The molecular formula is C13H12N2O2S. The molecule has 3 rings (SSSR count). The van der Waals surface area contributed by atoms with E-state index in [4.69, 9.17) is 9.15 Å². The molecule has 0 saturated carbocycles. The molecule has 0 bridgehead atoms. The molecular weight excluding hydrogens is 248 g/mol. The van der Waals surface area contributed by atoms with Gasteiger partial charge in [-0.3, -0.25) is 4.98 Å². The van der Waals surface area contributed by atoms with E-state index in [2.05, 4.69) is 10.3 Å². The zero-order valence-electron chi connectivity index (χ0n) is 9.84. The summed E-state index contributed by atoms with van der Waals surface area (Å²) in [4.78, 5) is 4.34. The lowest BCUT2D eigenvalue weighted by molar-refractivity contribution is 0.420. The maximum absolute atomic E-state index is 5.29. The summed E-state index contributed by atoms with van der Waals surface area (Å²) in [6, 6.07) is 5.79. The molecule has 0 fully saturated rings. The van der Waals surface area contributed by atoms with Gasteiger partial charge < -0.3 is 14.5 Å². The second-order valence-electron chi connectivity index (χ2n) is 3.77. The third-order valence-corrected chi connectivity index (χ3v) is 3.66. The van der Waals surface area contributed by atoms with Crippen molar-refractivity contribution in [3.8, 4) is 5.75 Å². The number of pyridine rings is 1. The van der Waals surface area contributed by atoms with Crippen LogP contribution in [0.15, 0.2) is 40.5 Å². The van der Waals surface area contributed by atoms with Crippen LogP contribution in [0.4, 0.5) is 5.69 Å². The highest BCUT2D eigenvalue weighted by atomic mass is 32.1. The number of methoxy groups -OCH3 is 1. The first-order valence-electron chi connectivity index (χ1n) is 5.55. The SMILES string of the molecule is COc1csc2c(NCc3ccco3)ccnc12. The molecule has 0 aliphatic rings. The van der Waals surface area contributed by atoms with Crippen molar-refractivity contribution in [2.24, 2.45) is 0 Å². The molecule has 92 valence electrons. The number of hydrogen-bond acceptors (Lipinski definition) is 5. The van der Waals surface area contributed by atoms with Crippen LogP contribution in [0.2, 0.25) is 0 Å². The highest BCUT2D eigenvalue weighted by Gasteiger charge is 2.09. The molecule has 18 heavy (non-hydrogen) atoms. The van der Waals surface area contributed by atoms with E-state index in [0.717, 1.165) is 27.4 Å². The van der Waals surface area contributed by atoms with Gasteiger partial charge in [-0.25, -0.2) is 0 Å². The van der Waals surface area contributed by atoms with Crippen LogP contribution < -0.4 is 10.1 Å². The van der Waals surface area contributed by atoms with Gasteiger partial charge in [0, 0.05) is 11.6 Å². The second-order valence-corrected chi connectivity index (χ2v) is 4.65. The van der Waals surface area contributed by atoms with Crippen molar-refractivity contribution in [3.63, 3.8) is 0 Å². The molecule has 3 heterocycles. The number of furan rings is 1. The van der Waals surface area contributed by atoms with Gasteiger partial charge in [-0.15, -0.1) is 11.3 Å². The molecule has 0 saturated heterocycles. The molecule has 0 aliphatic heterocycles. The largest absolute Gasteiger partial charge is 0.494 e. The van der Waals surface area contributed by atoms with Gasteiger partial charge in [0.15, 0.2) is 5.75 Å². The summed E-state index contributed by atoms with van der Waals surface area (Å²) in [6.45, 7) is 0.659. The number of nitrogens with zero attached hydrogens (tertiary/aromatic N) is 1. The zero-order valence-corrected chi connectivity index (χ0v) is 10.7. The Labute approximate surface area is 108 Å². The third kappa shape index (κ3) is 1.93. The Kier molecular flexibility index (Phi) is 2.90. The van der Waals surface area contributed by atoms with Gasteiger partial charge in [-0.1, -0.05) is 0 Å². The predicted octanol–water partition coefficient (Wildman–Crippen LogP) is 3.51. The Morgan fingerprint density at radius 2 is 2.39 bits per heavy atom. The van der Waals surface area contributed by atoms with E-state index in [-0.39, 0.29) is 0 Å². The van der Waals surface area contributed by atoms with Crippen LogP contribution in [0, 0.1) is 0 Å². The highest BCUT2D eigenvalue weighted by molar-refractivity contribution is 7.18. The minimum absolute atomic E-state index is 0.659. The van der Waals surface area contributed by atoms with Crippen molar-refractivity contribution in [1.29, 1.82) is 0 Å². The van der Waals surface area contributed by atoms with Crippen molar-refractivity contribution >= 4 is 27.2 Å². The summed E-state index contributed by atoms with van der Waals surface area (Å²) in [6.07, 6.45) is 3.45.